The van der Waals surface area contributed by atoms with E-state index in [1.807, 2.05) is 4.68 Å². The van der Waals surface area contributed by atoms with Crippen LogP contribution in [0.3, 0.4) is 0 Å². The zero-order valence-corrected chi connectivity index (χ0v) is 6.45. The normalized spacial score (nSPS) is 21.6. The van der Waals surface area contributed by atoms with Crippen molar-refractivity contribution >= 4 is 0 Å². The molecule has 0 radical (unpaired) electrons. The van der Waals surface area contributed by atoms with E-state index in [0.717, 1.165) is 25.9 Å². The standard InChI is InChI=1S/C8H13N3/c1-4-10-11(7-1)8-2-5-9-6-3-8/h1,4,7-9H,2-3,5-6H2/i1D. The molecule has 1 aromatic heterocycles. The van der Waals surface area contributed by atoms with Gasteiger partial charge in [0.2, 0.25) is 0 Å². The SMILES string of the molecule is [2H]c1cnn(C2CCNCC2)c1. The first-order valence-corrected chi connectivity index (χ1v) is 4.08. The summed E-state index contributed by atoms with van der Waals surface area (Å²) < 4.78 is 9.26. The summed E-state index contributed by atoms with van der Waals surface area (Å²) in [5.74, 6) is 0. The van der Waals surface area contributed by atoms with Gasteiger partial charge in [-0.2, -0.15) is 5.10 Å². The van der Waals surface area contributed by atoms with Crippen molar-refractivity contribution in [2.45, 2.75) is 18.9 Å². The van der Waals surface area contributed by atoms with E-state index in [0.29, 0.717) is 12.1 Å². The van der Waals surface area contributed by atoms with Gasteiger partial charge in [-0.05, 0) is 32.0 Å². The minimum absolute atomic E-state index is 0.505. The second-order valence-electron chi connectivity index (χ2n) is 2.90. The second kappa shape index (κ2) is 3.05. The van der Waals surface area contributed by atoms with Gasteiger partial charge in [0.25, 0.3) is 0 Å². The monoisotopic (exact) mass is 152 g/mol. The molecule has 0 unspecified atom stereocenters. The Kier molecular flexibility index (Phi) is 1.60. The molecule has 2 rings (SSSR count). The third-order valence-corrected chi connectivity index (χ3v) is 2.16. The van der Waals surface area contributed by atoms with Gasteiger partial charge in [-0.3, -0.25) is 4.68 Å². The van der Waals surface area contributed by atoms with Crippen LogP contribution >= 0.6 is 0 Å². The maximum absolute atomic E-state index is 7.34. The van der Waals surface area contributed by atoms with Crippen molar-refractivity contribution in [3.05, 3.63) is 18.4 Å². The van der Waals surface area contributed by atoms with E-state index in [9.17, 15) is 0 Å². The van der Waals surface area contributed by atoms with Crippen molar-refractivity contribution in [1.82, 2.24) is 15.1 Å². The third kappa shape index (κ3) is 1.43. The summed E-state index contributed by atoms with van der Waals surface area (Å²) in [4.78, 5) is 0. The van der Waals surface area contributed by atoms with Gasteiger partial charge in [-0.25, -0.2) is 0 Å². The molecule has 2 heterocycles. The van der Waals surface area contributed by atoms with Crippen LogP contribution in [0.1, 0.15) is 20.3 Å². The van der Waals surface area contributed by atoms with E-state index in [4.69, 9.17) is 1.37 Å². The van der Waals surface area contributed by atoms with E-state index in [2.05, 4.69) is 10.4 Å². The van der Waals surface area contributed by atoms with Crippen molar-refractivity contribution < 1.29 is 1.37 Å². The largest absolute Gasteiger partial charge is 0.317 e. The summed E-state index contributed by atoms with van der Waals surface area (Å²) in [5, 5.41) is 7.44. The van der Waals surface area contributed by atoms with Crippen LogP contribution < -0.4 is 5.32 Å². The molecule has 1 N–H and O–H groups in total. The lowest BCUT2D eigenvalue weighted by Gasteiger charge is -2.22. The van der Waals surface area contributed by atoms with E-state index >= 15 is 0 Å². The fourth-order valence-electron chi connectivity index (χ4n) is 1.51. The number of nitrogens with one attached hydrogen (secondary N) is 1. The number of aromatic nitrogens is 2. The van der Waals surface area contributed by atoms with Crippen LogP contribution in [0.2, 0.25) is 0 Å². The molecule has 0 bridgehead atoms. The number of rotatable bonds is 1. The number of hydrogen-bond acceptors (Lipinski definition) is 2. The highest BCUT2D eigenvalue weighted by atomic mass is 15.3. The van der Waals surface area contributed by atoms with Gasteiger partial charge in [0.1, 0.15) is 0 Å². The Morgan fingerprint density at radius 2 is 2.36 bits per heavy atom. The second-order valence-corrected chi connectivity index (χ2v) is 2.90. The zero-order valence-electron chi connectivity index (χ0n) is 7.45. The van der Waals surface area contributed by atoms with Gasteiger partial charge in [0, 0.05) is 12.4 Å². The maximum atomic E-state index is 7.34. The summed E-state index contributed by atoms with van der Waals surface area (Å²) in [5.41, 5.74) is 0. The highest BCUT2D eigenvalue weighted by molar-refractivity contribution is 4.83. The van der Waals surface area contributed by atoms with Crippen LogP contribution in [0.4, 0.5) is 0 Å². The molecule has 0 aromatic carbocycles. The lowest BCUT2D eigenvalue weighted by molar-refractivity contribution is 0.343. The zero-order chi connectivity index (χ0) is 8.39. The molecule has 3 heteroatoms. The molecular formula is C8H13N3. The van der Waals surface area contributed by atoms with Crippen molar-refractivity contribution in [3.63, 3.8) is 0 Å². The molecule has 1 aliphatic rings. The molecule has 60 valence electrons. The molecule has 0 saturated carbocycles. The van der Waals surface area contributed by atoms with Crippen molar-refractivity contribution in [1.29, 1.82) is 0 Å². The van der Waals surface area contributed by atoms with Crippen molar-refractivity contribution in [3.8, 4) is 0 Å². The molecule has 0 aliphatic carbocycles. The summed E-state index contributed by atoms with van der Waals surface area (Å²) in [6.07, 6.45) is 5.65. The Balaban J connectivity index is 2.08. The molecule has 11 heavy (non-hydrogen) atoms. The predicted molar refractivity (Wildman–Crippen MR) is 43.4 cm³/mol. The minimum atomic E-state index is 0.505. The lowest BCUT2D eigenvalue weighted by atomic mass is 10.1. The average molecular weight is 152 g/mol. The first-order valence-electron chi connectivity index (χ1n) is 4.58. The topological polar surface area (TPSA) is 29.9 Å². The summed E-state index contributed by atoms with van der Waals surface area (Å²) in [6.45, 7) is 2.13. The smallest absolute Gasteiger partial charge is 0.0656 e. The quantitative estimate of drug-likeness (QED) is 0.645. The van der Waals surface area contributed by atoms with Crippen molar-refractivity contribution in [2.24, 2.45) is 0 Å². The van der Waals surface area contributed by atoms with Gasteiger partial charge in [-0.1, -0.05) is 0 Å². The third-order valence-electron chi connectivity index (χ3n) is 2.16. The molecule has 3 nitrogen and oxygen atoms in total. The van der Waals surface area contributed by atoms with Crippen LogP contribution in [0.5, 0.6) is 0 Å². The average Bonchev–Trinajstić information content (AvgIpc) is 2.54. The molecule has 0 atom stereocenters. The number of hydrogen-bond donors (Lipinski definition) is 1. The molecule has 0 amide bonds. The molecular weight excluding hydrogens is 138 g/mol. The maximum Gasteiger partial charge on any atom is 0.0656 e. The molecule has 1 aromatic rings. The molecule has 1 saturated heterocycles. The lowest BCUT2D eigenvalue weighted by Crippen LogP contribution is -2.29. The predicted octanol–water partition coefficient (Wildman–Crippen LogP) is 0.808. The van der Waals surface area contributed by atoms with Crippen LogP contribution in [-0.2, 0) is 0 Å². The van der Waals surface area contributed by atoms with Gasteiger partial charge in [0.05, 0.1) is 7.41 Å². The van der Waals surface area contributed by atoms with Crippen LogP contribution in [0, 0.1) is 0 Å². The molecule has 1 fully saturated rings. The van der Waals surface area contributed by atoms with Gasteiger partial charge in [0.15, 0.2) is 0 Å². The van der Waals surface area contributed by atoms with Gasteiger partial charge >= 0.3 is 0 Å². The highest BCUT2D eigenvalue weighted by Crippen LogP contribution is 2.16. The Morgan fingerprint density at radius 1 is 1.55 bits per heavy atom. The molecule has 0 spiro atoms. The molecule has 1 aliphatic heterocycles. The van der Waals surface area contributed by atoms with Crippen LogP contribution in [-0.4, -0.2) is 22.9 Å². The van der Waals surface area contributed by atoms with Gasteiger partial charge in [-0.15, -0.1) is 0 Å². The summed E-state index contributed by atoms with van der Waals surface area (Å²) in [7, 11) is 0. The number of piperidine rings is 1. The number of nitrogens with zero attached hydrogens (tertiary/aromatic N) is 2. The Labute approximate surface area is 67.8 Å². The first kappa shape index (κ1) is 5.77. The van der Waals surface area contributed by atoms with E-state index in [1.54, 1.807) is 12.4 Å². The van der Waals surface area contributed by atoms with E-state index in [-0.39, 0.29) is 0 Å². The summed E-state index contributed by atoms with van der Waals surface area (Å²) in [6, 6.07) is 1.01. The Morgan fingerprint density at radius 3 is 3.00 bits per heavy atom. The van der Waals surface area contributed by atoms with Crippen molar-refractivity contribution in [2.75, 3.05) is 13.1 Å². The fourth-order valence-corrected chi connectivity index (χ4v) is 1.51. The fraction of sp³-hybridized carbons (Fsp3) is 0.625. The first-order chi connectivity index (χ1) is 5.86. The van der Waals surface area contributed by atoms with Gasteiger partial charge < -0.3 is 5.32 Å². The Bertz CT molecular complexity index is 253. The minimum Gasteiger partial charge on any atom is -0.317 e. The van der Waals surface area contributed by atoms with Crippen LogP contribution in [0.25, 0.3) is 0 Å². The summed E-state index contributed by atoms with van der Waals surface area (Å²) >= 11 is 0. The Hall–Kier alpha value is -0.830. The van der Waals surface area contributed by atoms with Crippen LogP contribution in [0.15, 0.2) is 18.4 Å². The van der Waals surface area contributed by atoms with E-state index < -0.39 is 0 Å². The van der Waals surface area contributed by atoms with E-state index in [1.165, 1.54) is 0 Å². The highest BCUT2D eigenvalue weighted by Gasteiger charge is 2.13.